The van der Waals surface area contributed by atoms with E-state index in [2.05, 4.69) is 16.0 Å². The minimum Gasteiger partial charge on any atom is -0.385 e. The fourth-order valence-electron chi connectivity index (χ4n) is 3.02. The van der Waals surface area contributed by atoms with Crippen molar-refractivity contribution in [2.24, 2.45) is 0 Å². The molecule has 6 amide bonds. The average Bonchev–Trinajstić information content (AvgIpc) is 2.91. The van der Waals surface area contributed by atoms with Gasteiger partial charge in [0.1, 0.15) is 12.1 Å². The van der Waals surface area contributed by atoms with Gasteiger partial charge in [-0.25, -0.2) is 9.59 Å². The molecule has 0 unspecified atom stereocenters. The van der Waals surface area contributed by atoms with E-state index in [0.717, 1.165) is 10.5 Å². The summed E-state index contributed by atoms with van der Waals surface area (Å²) in [7, 11) is 1.55. The van der Waals surface area contributed by atoms with Gasteiger partial charge < -0.3 is 15.4 Å². The van der Waals surface area contributed by atoms with Crippen molar-refractivity contribution < 1.29 is 23.9 Å². The summed E-state index contributed by atoms with van der Waals surface area (Å²) in [4.78, 5) is 50.0. The van der Waals surface area contributed by atoms with Crippen LogP contribution in [0.4, 0.5) is 9.59 Å². The quantitative estimate of drug-likeness (QED) is 0.452. The lowest BCUT2D eigenvalue weighted by atomic mass is 9.87. The molecule has 0 radical (unpaired) electrons. The number of hydrogen-bond donors (Lipinski definition) is 3. The Morgan fingerprint density at radius 3 is 2.50 bits per heavy atom. The van der Waals surface area contributed by atoms with Gasteiger partial charge in [-0.2, -0.15) is 0 Å². The molecule has 0 aliphatic carbocycles. The fraction of sp³-hybridized carbons (Fsp3) is 0.474. The highest BCUT2D eigenvalue weighted by Gasteiger charge is 2.51. The summed E-state index contributed by atoms with van der Waals surface area (Å²) in [6, 6.07) is 5.93. The van der Waals surface area contributed by atoms with E-state index >= 15 is 0 Å². The van der Waals surface area contributed by atoms with Crippen LogP contribution in [0.1, 0.15) is 30.9 Å². The van der Waals surface area contributed by atoms with Crippen LogP contribution in [0.5, 0.6) is 0 Å². The fourth-order valence-corrected chi connectivity index (χ4v) is 3.02. The van der Waals surface area contributed by atoms with Crippen LogP contribution in [0.25, 0.3) is 0 Å². The first-order chi connectivity index (χ1) is 13.3. The van der Waals surface area contributed by atoms with Crippen molar-refractivity contribution in [2.75, 3.05) is 26.8 Å². The number of nitrogens with one attached hydrogen (secondary N) is 3. The van der Waals surface area contributed by atoms with Crippen LogP contribution in [0.2, 0.25) is 0 Å². The Balaban J connectivity index is 2.01. The van der Waals surface area contributed by atoms with Gasteiger partial charge in [-0.05, 0) is 25.3 Å². The van der Waals surface area contributed by atoms with Gasteiger partial charge in [0.2, 0.25) is 5.91 Å². The molecule has 0 saturated carbocycles. The Kier molecular flexibility index (Phi) is 7.11. The van der Waals surface area contributed by atoms with Crippen molar-refractivity contribution in [3.05, 3.63) is 35.4 Å². The van der Waals surface area contributed by atoms with Crippen LogP contribution in [0.15, 0.2) is 24.3 Å². The lowest BCUT2D eigenvalue weighted by Gasteiger charge is -2.25. The highest BCUT2D eigenvalue weighted by molar-refractivity contribution is 6.10. The largest absolute Gasteiger partial charge is 0.385 e. The Morgan fingerprint density at radius 2 is 1.89 bits per heavy atom. The third-order valence-corrected chi connectivity index (χ3v) is 4.62. The Labute approximate surface area is 163 Å². The molecule has 9 nitrogen and oxygen atoms in total. The number of hydrogen-bond acceptors (Lipinski definition) is 5. The molecule has 2 rings (SSSR count). The summed E-state index contributed by atoms with van der Waals surface area (Å²) in [5, 5.41) is 7.32. The molecule has 9 heteroatoms. The van der Waals surface area contributed by atoms with Crippen molar-refractivity contribution in [1.82, 2.24) is 20.9 Å². The molecule has 0 bridgehead atoms. The topological polar surface area (TPSA) is 117 Å². The van der Waals surface area contributed by atoms with Crippen molar-refractivity contribution in [3.8, 4) is 0 Å². The van der Waals surface area contributed by atoms with Crippen molar-refractivity contribution in [2.45, 2.75) is 32.2 Å². The van der Waals surface area contributed by atoms with Crippen molar-refractivity contribution in [1.29, 1.82) is 0 Å². The number of rotatable bonds is 8. The highest BCUT2D eigenvalue weighted by atomic mass is 16.5. The average molecular weight is 390 g/mol. The summed E-state index contributed by atoms with van der Waals surface area (Å²) in [5.74, 6) is -1.26. The number of benzene rings is 1. The molecule has 3 N–H and O–H groups in total. The molecule has 1 aliphatic heterocycles. The van der Waals surface area contributed by atoms with Crippen molar-refractivity contribution >= 4 is 23.9 Å². The van der Waals surface area contributed by atoms with E-state index in [1.165, 1.54) is 0 Å². The van der Waals surface area contributed by atoms with Gasteiger partial charge in [0.15, 0.2) is 0 Å². The van der Waals surface area contributed by atoms with Crippen LogP contribution in [0, 0.1) is 6.92 Å². The van der Waals surface area contributed by atoms with E-state index in [1.807, 2.05) is 19.1 Å². The number of nitrogens with zero attached hydrogens (tertiary/aromatic N) is 1. The minimum atomic E-state index is -1.21. The number of carbonyl (C=O) groups is 4. The second-order valence-corrected chi connectivity index (χ2v) is 6.60. The van der Waals surface area contributed by atoms with Crippen LogP contribution < -0.4 is 16.0 Å². The first-order valence-corrected chi connectivity index (χ1v) is 9.12. The zero-order chi connectivity index (χ0) is 20.7. The number of methoxy groups -OCH3 is 1. The number of urea groups is 2. The van der Waals surface area contributed by atoms with Crippen LogP contribution in [-0.4, -0.2) is 55.6 Å². The van der Waals surface area contributed by atoms with E-state index in [-0.39, 0.29) is 0 Å². The standard InChI is InChI=1S/C19H26N4O5/c1-4-19(14-8-6-13(2)7-9-14)16(25)23(18(27)22-19)12-15(24)21-17(26)20-10-5-11-28-3/h6-9H,4-5,10-12H2,1-3H3,(H,22,27)(H2,20,21,24,26)/t19-/m0/s1. The first kappa shape index (κ1) is 21.4. The van der Waals surface area contributed by atoms with E-state index in [1.54, 1.807) is 26.2 Å². The SMILES string of the molecule is CC[C@@]1(c2ccc(C)cc2)NC(=O)N(CC(=O)NC(=O)NCCCOC)C1=O. The Bertz CT molecular complexity index is 749. The molecular formula is C19H26N4O5. The summed E-state index contributed by atoms with van der Waals surface area (Å²) >= 11 is 0. The van der Waals surface area contributed by atoms with Crippen LogP contribution in [0.3, 0.4) is 0 Å². The second-order valence-electron chi connectivity index (χ2n) is 6.60. The molecule has 0 aromatic heterocycles. The maximum atomic E-state index is 13.0. The van der Waals surface area contributed by atoms with Gasteiger partial charge in [-0.3, -0.25) is 19.8 Å². The summed E-state index contributed by atoms with van der Waals surface area (Å²) in [6.45, 7) is 3.99. The predicted molar refractivity (Wildman–Crippen MR) is 101 cm³/mol. The number of imide groups is 2. The highest BCUT2D eigenvalue weighted by Crippen LogP contribution is 2.32. The predicted octanol–water partition coefficient (Wildman–Crippen LogP) is 1.01. The van der Waals surface area contributed by atoms with Gasteiger partial charge in [-0.1, -0.05) is 36.8 Å². The maximum Gasteiger partial charge on any atom is 0.325 e. The molecular weight excluding hydrogens is 364 g/mol. The van der Waals surface area contributed by atoms with E-state index in [0.29, 0.717) is 31.6 Å². The zero-order valence-corrected chi connectivity index (χ0v) is 16.3. The van der Waals surface area contributed by atoms with Gasteiger partial charge in [0.05, 0.1) is 0 Å². The molecule has 1 saturated heterocycles. The van der Waals surface area contributed by atoms with Crippen LogP contribution in [-0.2, 0) is 19.9 Å². The third-order valence-electron chi connectivity index (χ3n) is 4.62. The van der Waals surface area contributed by atoms with E-state index in [9.17, 15) is 19.2 Å². The number of ether oxygens (including phenoxy) is 1. The lowest BCUT2D eigenvalue weighted by Crippen LogP contribution is -2.47. The molecule has 1 fully saturated rings. The van der Waals surface area contributed by atoms with Gasteiger partial charge in [0.25, 0.3) is 5.91 Å². The number of aryl methyl sites for hydroxylation is 1. The molecule has 1 aliphatic rings. The molecule has 1 atom stereocenters. The van der Waals surface area contributed by atoms with Crippen LogP contribution >= 0.6 is 0 Å². The normalized spacial score (nSPS) is 18.8. The molecule has 1 aromatic carbocycles. The lowest BCUT2D eigenvalue weighted by molar-refractivity contribution is -0.135. The minimum absolute atomic E-state index is 0.332. The third kappa shape index (κ3) is 4.66. The van der Waals surface area contributed by atoms with Gasteiger partial charge in [-0.15, -0.1) is 0 Å². The van der Waals surface area contributed by atoms with Gasteiger partial charge >= 0.3 is 12.1 Å². The maximum absolute atomic E-state index is 13.0. The monoisotopic (exact) mass is 390 g/mol. The summed E-state index contributed by atoms with van der Waals surface area (Å²) < 4.78 is 4.86. The van der Waals surface area contributed by atoms with E-state index < -0.39 is 36.0 Å². The Morgan fingerprint density at radius 1 is 1.21 bits per heavy atom. The number of amides is 6. The summed E-state index contributed by atoms with van der Waals surface area (Å²) in [6.07, 6.45) is 0.930. The second kappa shape index (κ2) is 9.32. The van der Waals surface area contributed by atoms with Gasteiger partial charge in [0, 0.05) is 20.3 Å². The molecule has 1 heterocycles. The zero-order valence-electron chi connectivity index (χ0n) is 16.3. The first-order valence-electron chi connectivity index (χ1n) is 9.12. The van der Waals surface area contributed by atoms with E-state index in [4.69, 9.17) is 4.74 Å². The Hall–Kier alpha value is -2.94. The molecule has 1 aromatic rings. The summed E-state index contributed by atoms with van der Waals surface area (Å²) in [5.41, 5.74) is 0.463. The van der Waals surface area contributed by atoms with Crippen molar-refractivity contribution in [3.63, 3.8) is 0 Å². The molecule has 0 spiro atoms. The number of carbonyl (C=O) groups excluding carboxylic acids is 4. The molecule has 28 heavy (non-hydrogen) atoms. The molecule has 152 valence electrons. The smallest absolute Gasteiger partial charge is 0.325 e.